The Kier molecular flexibility index (Phi) is 5.82. The van der Waals surface area contributed by atoms with Crippen molar-refractivity contribution in [3.8, 4) is 5.75 Å². The zero-order valence-electron chi connectivity index (χ0n) is 12.1. The van der Waals surface area contributed by atoms with Crippen LogP contribution in [0.25, 0.3) is 0 Å². The van der Waals surface area contributed by atoms with E-state index >= 15 is 0 Å². The van der Waals surface area contributed by atoms with Crippen molar-refractivity contribution >= 4 is 33.2 Å². The second-order valence-corrected chi connectivity index (χ2v) is 7.35. The molecule has 0 aliphatic carbocycles. The van der Waals surface area contributed by atoms with Crippen LogP contribution in [0.2, 0.25) is 0 Å². The fourth-order valence-corrected chi connectivity index (χ4v) is 3.57. The highest BCUT2D eigenvalue weighted by atomic mass is 79.9. The van der Waals surface area contributed by atoms with Gasteiger partial charge in [-0.1, -0.05) is 17.7 Å². The zero-order chi connectivity index (χ0) is 15.2. The molecule has 0 aliphatic heterocycles. The van der Waals surface area contributed by atoms with E-state index in [9.17, 15) is 4.79 Å². The van der Waals surface area contributed by atoms with Crippen molar-refractivity contribution < 1.29 is 9.53 Å². The van der Waals surface area contributed by atoms with Gasteiger partial charge in [-0.05, 0) is 47.5 Å². The SMILES string of the molecule is COc1ccc(C)cc1CC(=O)NCCc1ccc(Br)s1. The minimum atomic E-state index is 0.0227. The first-order chi connectivity index (χ1) is 10.1. The van der Waals surface area contributed by atoms with E-state index in [4.69, 9.17) is 4.74 Å². The van der Waals surface area contributed by atoms with Crippen molar-refractivity contribution in [3.63, 3.8) is 0 Å². The summed E-state index contributed by atoms with van der Waals surface area (Å²) in [6.07, 6.45) is 1.20. The van der Waals surface area contributed by atoms with Gasteiger partial charge in [0.1, 0.15) is 5.75 Å². The molecule has 0 aliphatic rings. The van der Waals surface area contributed by atoms with Gasteiger partial charge in [-0.2, -0.15) is 0 Å². The number of carbonyl (C=O) groups is 1. The average Bonchev–Trinajstić information content (AvgIpc) is 2.85. The number of halogens is 1. The Bertz CT molecular complexity index is 624. The number of benzene rings is 1. The quantitative estimate of drug-likeness (QED) is 0.844. The Morgan fingerprint density at radius 1 is 1.33 bits per heavy atom. The maximum Gasteiger partial charge on any atom is 0.224 e. The molecular weight excluding hydrogens is 350 g/mol. The van der Waals surface area contributed by atoms with Crippen LogP contribution in [-0.4, -0.2) is 19.6 Å². The van der Waals surface area contributed by atoms with Crippen molar-refractivity contribution in [1.29, 1.82) is 0 Å². The van der Waals surface area contributed by atoms with E-state index < -0.39 is 0 Å². The maximum absolute atomic E-state index is 12.0. The van der Waals surface area contributed by atoms with Gasteiger partial charge in [0.15, 0.2) is 0 Å². The third-order valence-corrected chi connectivity index (χ3v) is 4.79. The molecular formula is C16H18BrNO2S. The summed E-state index contributed by atoms with van der Waals surface area (Å²) in [4.78, 5) is 13.3. The van der Waals surface area contributed by atoms with Gasteiger partial charge in [-0.15, -0.1) is 11.3 Å². The van der Waals surface area contributed by atoms with Crippen LogP contribution in [0.4, 0.5) is 0 Å². The smallest absolute Gasteiger partial charge is 0.224 e. The van der Waals surface area contributed by atoms with Gasteiger partial charge in [0, 0.05) is 17.0 Å². The Balaban J connectivity index is 1.85. The molecule has 0 fully saturated rings. The lowest BCUT2D eigenvalue weighted by molar-refractivity contribution is -0.120. The summed E-state index contributed by atoms with van der Waals surface area (Å²) in [5.41, 5.74) is 2.05. The normalized spacial score (nSPS) is 10.4. The standard InChI is InChI=1S/C16H18BrNO2S/c1-11-3-5-14(20-2)12(9-11)10-16(19)18-8-7-13-4-6-15(17)21-13/h3-6,9H,7-8,10H2,1-2H3,(H,18,19). The van der Waals surface area contributed by atoms with Crippen LogP contribution < -0.4 is 10.1 Å². The molecule has 2 rings (SSSR count). The highest BCUT2D eigenvalue weighted by molar-refractivity contribution is 9.11. The van der Waals surface area contributed by atoms with E-state index in [2.05, 4.69) is 27.3 Å². The first-order valence-corrected chi connectivity index (χ1v) is 8.34. The van der Waals surface area contributed by atoms with Gasteiger partial charge in [-0.25, -0.2) is 0 Å². The van der Waals surface area contributed by atoms with Gasteiger partial charge >= 0.3 is 0 Å². The number of hydrogen-bond donors (Lipinski definition) is 1. The second-order valence-electron chi connectivity index (χ2n) is 4.80. The summed E-state index contributed by atoms with van der Waals surface area (Å²) in [6.45, 7) is 2.66. The van der Waals surface area contributed by atoms with Crippen LogP contribution in [0, 0.1) is 6.92 Å². The van der Waals surface area contributed by atoms with Gasteiger partial charge < -0.3 is 10.1 Å². The number of hydrogen-bond acceptors (Lipinski definition) is 3. The third kappa shape index (κ3) is 4.86. The van der Waals surface area contributed by atoms with Crippen LogP contribution in [0.1, 0.15) is 16.0 Å². The molecule has 1 aromatic carbocycles. The highest BCUT2D eigenvalue weighted by Gasteiger charge is 2.09. The number of nitrogens with one attached hydrogen (secondary N) is 1. The fourth-order valence-electron chi connectivity index (χ4n) is 2.09. The van der Waals surface area contributed by atoms with Crippen LogP contribution in [-0.2, 0) is 17.6 Å². The Hall–Kier alpha value is -1.33. The van der Waals surface area contributed by atoms with Gasteiger partial charge in [-0.3, -0.25) is 4.79 Å². The lowest BCUT2D eigenvalue weighted by Gasteiger charge is -2.10. The molecule has 112 valence electrons. The Morgan fingerprint density at radius 2 is 2.14 bits per heavy atom. The van der Waals surface area contributed by atoms with Crippen molar-refractivity contribution in [2.24, 2.45) is 0 Å². The van der Waals surface area contributed by atoms with Crippen LogP contribution in [0.3, 0.4) is 0 Å². The molecule has 1 amide bonds. The number of amides is 1. The molecule has 1 heterocycles. The Morgan fingerprint density at radius 3 is 2.81 bits per heavy atom. The molecule has 0 saturated heterocycles. The lowest BCUT2D eigenvalue weighted by atomic mass is 10.1. The van der Waals surface area contributed by atoms with Crippen molar-refractivity contribution in [3.05, 3.63) is 50.1 Å². The molecule has 0 bridgehead atoms. The van der Waals surface area contributed by atoms with Crippen molar-refractivity contribution in [2.45, 2.75) is 19.8 Å². The van der Waals surface area contributed by atoms with Gasteiger partial charge in [0.25, 0.3) is 0 Å². The monoisotopic (exact) mass is 367 g/mol. The van der Waals surface area contributed by atoms with Gasteiger partial charge in [0.2, 0.25) is 5.91 Å². The summed E-state index contributed by atoms with van der Waals surface area (Å²) in [5, 5.41) is 2.96. The van der Waals surface area contributed by atoms with E-state index in [0.717, 1.165) is 27.1 Å². The van der Waals surface area contributed by atoms with Gasteiger partial charge in [0.05, 0.1) is 17.3 Å². The topological polar surface area (TPSA) is 38.3 Å². The lowest BCUT2D eigenvalue weighted by Crippen LogP contribution is -2.27. The number of rotatable bonds is 6. The summed E-state index contributed by atoms with van der Waals surface area (Å²) in [7, 11) is 1.63. The van der Waals surface area contributed by atoms with Crippen LogP contribution >= 0.6 is 27.3 Å². The molecule has 0 radical (unpaired) electrons. The molecule has 3 nitrogen and oxygen atoms in total. The minimum Gasteiger partial charge on any atom is -0.496 e. The zero-order valence-corrected chi connectivity index (χ0v) is 14.5. The average molecular weight is 368 g/mol. The summed E-state index contributed by atoms with van der Waals surface area (Å²) >= 11 is 5.13. The molecule has 21 heavy (non-hydrogen) atoms. The van der Waals surface area contributed by atoms with E-state index in [-0.39, 0.29) is 5.91 Å². The van der Waals surface area contributed by atoms with Crippen LogP contribution in [0.15, 0.2) is 34.1 Å². The Labute approximate surface area is 137 Å². The number of carbonyl (C=O) groups excluding carboxylic acids is 1. The molecule has 1 N–H and O–H groups in total. The number of methoxy groups -OCH3 is 1. The first-order valence-electron chi connectivity index (χ1n) is 6.73. The fraction of sp³-hybridized carbons (Fsp3) is 0.312. The molecule has 2 aromatic rings. The van der Waals surface area contributed by atoms with E-state index in [1.54, 1.807) is 18.4 Å². The van der Waals surface area contributed by atoms with Crippen molar-refractivity contribution in [1.82, 2.24) is 5.32 Å². The summed E-state index contributed by atoms with van der Waals surface area (Å²) in [6, 6.07) is 9.98. The molecule has 0 spiro atoms. The first kappa shape index (κ1) is 16.0. The predicted octanol–water partition coefficient (Wildman–Crippen LogP) is 3.73. The molecule has 5 heteroatoms. The number of thiophene rings is 1. The van der Waals surface area contributed by atoms with Crippen molar-refractivity contribution in [2.75, 3.05) is 13.7 Å². The van der Waals surface area contributed by atoms with Crippen LogP contribution in [0.5, 0.6) is 5.75 Å². The molecule has 1 aromatic heterocycles. The predicted molar refractivity (Wildman–Crippen MR) is 90.2 cm³/mol. The minimum absolute atomic E-state index is 0.0227. The maximum atomic E-state index is 12.0. The van der Waals surface area contributed by atoms with E-state index in [0.29, 0.717) is 13.0 Å². The number of aryl methyl sites for hydroxylation is 1. The summed E-state index contributed by atoms with van der Waals surface area (Å²) in [5.74, 6) is 0.785. The second kappa shape index (κ2) is 7.61. The van der Waals surface area contributed by atoms with E-state index in [1.165, 1.54) is 4.88 Å². The number of ether oxygens (including phenoxy) is 1. The molecule has 0 unspecified atom stereocenters. The summed E-state index contributed by atoms with van der Waals surface area (Å²) < 4.78 is 6.41. The molecule has 0 atom stereocenters. The third-order valence-electron chi connectivity index (χ3n) is 3.11. The largest absolute Gasteiger partial charge is 0.496 e. The molecule has 0 saturated carbocycles. The highest BCUT2D eigenvalue weighted by Crippen LogP contribution is 2.22. The van der Waals surface area contributed by atoms with E-state index in [1.807, 2.05) is 31.2 Å².